The van der Waals surface area contributed by atoms with Crippen LogP contribution in [0.3, 0.4) is 0 Å². The van der Waals surface area contributed by atoms with E-state index < -0.39 is 16.1 Å². The Morgan fingerprint density at radius 3 is 2.86 bits per heavy atom. The Kier molecular flexibility index (Phi) is 5.23. The van der Waals surface area contributed by atoms with Crippen LogP contribution in [0.4, 0.5) is 4.39 Å². The average Bonchev–Trinajstić information content (AvgIpc) is 3.17. The fraction of sp³-hybridized carbons (Fsp3) is 0.300. The van der Waals surface area contributed by atoms with E-state index in [-0.39, 0.29) is 10.7 Å². The van der Waals surface area contributed by atoms with E-state index in [1.165, 1.54) is 22.6 Å². The Hall–Kier alpha value is -2.58. The first kappa shape index (κ1) is 18.8. The van der Waals surface area contributed by atoms with Crippen molar-refractivity contribution in [1.29, 1.82) is 0 Å². The van der Waals surface area contributed by atoms with Crippen LogP contribution in [-0.2, 0) is 16.4 Å². The van der Waals surface area contributed by atoms with Crippen molar-refractivity contribution in [3.8, 4) is 0 Å². The molecule has 6 nitrogen and oxygen atoms in total. The molecule has 1 fully saturated rings. The molecule has 3 aromatic rings. The molecule has 0 unspecified atom stereocenters. The number of hydrogen-bond acceptors (Lipinski definition) is 5. The number of rotatable bonds is 5. The van der Waals surface area contributed by atoms with Crippen LogP contribution < -0.4 is 0 Å². The molecule has 1 aliphatic rings. The lowest BCUT2D eigenvalue weighted by Gasteiger charge is -2.32. The van der Waals surface area contributed by atoms with Gasteiger partial charge >= 0.3 is 0 Å². The van der Waals surface area contributed by atoms with E-state index in [1.807, 2.05) is 6.07 Å². The Labute approximate surface area is 163 Å². The number of piperidine rings is 1. The predicted octanol–water partition coefficient (Wildman–Crippen LogP) is 3.72. The van der Waals surface area contributed by atoms with Crippen LogP contribution in [0.15, 0.2) is 64.3 Å². The molecule has 0 radical (unpaired) electrons. The minimum absolute atomic E-state index is 0.161. The van der Waals surface area contributed by atoms with Crippen molar-refractivity contribution in [2.24, 2.45) is 0 Å². The van der Waals surface area contributed by atoms with Crippen LogP contribution in [-0.4, -0.2) is 29.2 Å². The minimum Gasteiger partial charge on any atom is -0.444 e. The highest BCUT2D eigenvalue weighted by Crippen LogP contribution is 2.35. The summed E-state index contributed by atoms with van der Waals surface area (Å²) in [5.74, 6) is 0.640. The van der Waals surface area contributed by atoms with Gasteiger partial charge in [0.1, 0.15) is 22.5 Å². The zero-order valence-electron chi connectivity index (χ0n) is 15.2. The quantitative estimate of drug-likeness (QED) is 0.651. The van der Waals surface area contributed by atoms with Gasteiger partial charge in [-0.2, -0.15) is 4.31 Å². The first-order valence-corrected chi connectivity index (χ1v) is 10.6. The van der Waals surface area contributed by atoms with Gasteiger partial charge in [0.25, 0.3) is 0 Å². The third kappa shape index (κ3) is 3.83. The highest BCUT2D eigenvalue weighted by Gasteiger charge is 2.37. The highest BCUT2D eigenvalue weighted by atomic mass is 32.2. The first-order chi connectivity index (χ1) is 13.5. The van der Waals surface area contributed by atoms with Gasteiger partial charge in [0.2, 0.25) is 15.9 Å². The topological polar surface area (TPSA) is 76.3 Å². The molecule has 8 heteroatoms. The molecule has 1 aromatic carbocycles. The second-order valence-corrected chi connectivity index (χ2v) is 8.68. The van der Waals surface area contributed by atoms with Crippen LogP contribution in [0.25, 0.3) is 0 Å². The SMILES string of the molecule is O=S(=O)(c1cccnc1)N1CCCC[C@H]1c1ncc(Cc2cccc(F)c2)o1. The van der Waals surface area contributed by atoms with E-state index in [2.05, 4.69) is 9.97 Å². The molecular formula is C20H20FN3O3S. The molecule has 0 saturated carbocycles. The molecule has 0 bridgehead atoms. The molecule has 1 atom stereocenters. The van der Waals surface area contributed by atoms with E-state index in [1.54, 1.807) is 30.6 Å². The lowest BCUT2D eigenvalue weighted by Crippen LogP contribution is -2.38. The van der Waals surface area contributed by atoms with Crippen molar-refractivity contribution < 1.29 is 17.2 Å². The molecule has 28 heavy (non-hydrogen) atoms. The highest BCUT2D eigenvalue weighted by molar-refractivity contribution is 7.89. The number of halogens is 1. The van der Waals surface area contributed by atoms with E-state index in [4.69, 9.17) is 4.42 Å². The van der Waals surface area contributed by atoms with Crippen molar-refractivity contribution in [3.05, 3.63) is 78.0 Å². The van der Waals surface area contributed by atoms with Gasteiger partial charge < -0.3 is 4.42 Å². The molecule has 1 saturated heterocycles. The molecule has 1 aliphatic heterocycles. The molecule has 0 N–H and O–H groups in total. The van der Waals surface area contributed by atoms with Crippen molar-refractivity contribution in [3.63, 3.8) is 0 Å². The number of nitrogens with zero attached hydrogens (tertiary/aromatic N) is 3. The van der Waals surface area contributed by atoms with Crippen molar-refractivity contribution in [2.45, 2.75) is 36.6 Å². The normalized spacial score (nSPS) is 18.2. The molecule has 0 spiro atoms. The van der Waals surface area contributed by atoms with Gasteiger partial charge in [0.05, 0.1) is 6.20 Å². The van der Waals surface area contributed by atoms with Crippen LogP contribution >= 0.6 is 0 Å². The fourth-order valence-electron chi connectivity index (χ4n) is 3.48. The lowest BCUT2D eigenvalue weighted by atomic mass is 10.1. The van der Waals surface area contributed by atoms with E-state index in [0.717, 1.165) is 18.4 Å². The summed E-state index contributed by atoms with van der Waals surface area (Å²) in [6, 6.07) is 8.98. The van der Waals surface area contributed by atoms with Crippen molar-refractivity contribution >= 4 is 10.0 Å². The summed E-state index contributed by atoms with van der Waals surface area (Å²) in [5.41, 5.74) is 0.770. The summed E-state index contributed by atoms with van der Waals surface area (Å²) >= 11 is 0. The van der Waals surface area contributed by atoms with E-state index in [0.29, 0.717) is 31.0 Å². The maximum atomic E-state index is 13.4. The van der Waals surface area contributed by atoms with Crippen LogP contribution in [0.1, 0.15) is 42.5 Å². The van der Waals surface area contributed by atoms with Crippen LogP contribution in [0, 0.1) is 5.82 Å². The molecular weight excluding hydrogens is 381 g/mol. The number of aromatic nitrogens is 2. The molecule has 2 aromatic heterocycles. The summed E-state index contributed by atoms with van der Waals surface area (Å²) in [5, 5.41) is 0. The molecule has 0 amide bonds. The third-order valence-corrected chi connectivity index (χ3v) is 6.71. The first-order valence-electron chi connectivity index (χ1n) is 9.15. The monoisotopic (exact) mass is 401 g/mol. The van der Waals surface area contributed by atoms with Gasteiger partial charge in [-0.05, 0) is 42.7 Å². The average molecular weight is 401 g/mol. The second kappa shape index (κ2) is 7.81. The molecule has 3 heterocycles. The van der Waals surface area contributed by atoms with E-state index in [9.17, 15) is 12.8 Å². The zero-order chi connectivity index (χ0) is 19.6. The van der Waals surface area contributed by atoms with Gasteiger partial charge in [-0.3, -0.25) is 4.98 Å². The largest absolute Gasteiger partial charge is 0.444 e. The van der Waals surface area contributed by atoms with Gasteiger partial charge in [-0.25, -0.2) is 17.8 Å². The molecule has 0 aliphatic carbocycles. The smallest absolute Gasteiger partial charge is 0.245 e. The summed E-state index contributed by atoms with van der Waals surface area (Å²) < 4.78 is 46.9. The molecule has 4 rings (SSSR count). The Morgan fingerprint density at radius 1 is 1.18 bits per heavy atom. The standard InChI is InChI=1S/C20H20FN3O3S/c21-16-6-3-5-15(11-16)12-17-13-23-20(27-17)19-8-1-2-10-24(19)28(25,26)18-7-4-9-22-14-18/h3-7,9,11,13-14,19H,1-2,8,10,12H2/t19-/m0/s1. The number of oxazole rings is 1. The second-order valence-electron chi connectivity index (χ2n) is 6.79. The number of sulfonamides is 1. The third-order valence-electron chi connectivity index (χ3n) is 4.82. The van der Waals surface area contributed by atoms with Crippen LogP contribution in [0.2, 0.25) is 0 Å². The van der Waals surface area contributed by atoms with Gasteiger partial charge in [-0.15, -0.1) is 0 Å². The van der Waals surface area contributed by atoms with Crippen molar-refractivity contribution in [1.82, 2.24) is 14.3 Å². The Balaban J connectivity index is 1.59. The summed E-state index contributed by atoms with van der Waals surface area (Å²) in [7, 11) is -3.69. The fourth-order valence-corrected chi connectivity index (χ4v) is 5.10. The minimum atomic E-state index is -3.69. The Morgan fingerprint density at radius 2 is 2.07 bits per heavy atom. The van der Waals surface area contributed by atoms with Gasteiger partial charge in [0.15, 0.2) is 0 Å². The maximum Gasteiger partial charge on any atom is 0.245 e. The number of hydrogen-bond donors (Lipinski definition) is 0. The van der Waals surface area contributed by atoms with Crippen LogP contribution in [0.5, 0.6) is 0 Å². The Bertz CT molecular complexity index is 1050. The molecule has 146 valence electrons. The number of pyridine rings is 1. The van der Waals surface area contributed by atoms with E-state index >= 15 is 0 Å². The zero-order valence-corrected chi connectivity index (χ0v) is 16.0. The lowest BCUT2D eigenvalue weighted by molar-refractivity contribution is 0.216. The number of benzene rings is 1. The van der Waals surface area contributed by atoms with Gasteiger partial charge in [0, 0.05) is 25.4 Å². The maximum absolute atomic E-state index is 13.4. The summed E-state index contributed by atoms with van der Waals surface area (Å²) in [6.07, 6.45) is 7.19. The van der Waals surface area contributed by atoms with Gasteiger partial charge in [-0.1, -0.05) is 18.6 Å². The summed E-state index contributed by atoms with van der Waals surface area (Å²) in [6.45, 7) is 0.406. The summed E-state index contributed by atoms with van der Waals surface area (Å²) in [4.78, 5) is 8.42. The van der Waals surface area contributed by atoms with Crippen molar-refractivity contribution in [2.75, 3.05) is 6.54 Å². The predicted molar refractivity (Wildman–Crippen MR) is 100 cm³/mol.